The van der Waals surface area contributed by atoms with Crippen molar-refractivity contribution in [2.75, 3.05) is 14.2 Å². The molecule has 0 aliphatic heterocycles. The predicted molar refractivity (Wildman–Crippen MR) is 64.8 cm³/mol. The van der Waals surface area contributed by atoms with Gasteiger partial charge in [0.15, 0.2) is 11.6 Å². The van der Waals surface area contributed by atoms with Crippen LogP contribution in [0.2, 0.25) is 0 Å². The summed E-state index contributed by atoms with van der Waals surface area (Å²) in [6, 6.07) is 0. The molecule has 4 heteroatoms. The highest BCUT2D eigenvalue weighted by atomic mass is 16.5. The van der Waals surface area contributed by atoms with Crippen molar-refractivity contribution in [1.29, 1.82) is 0 Å². The van der Waals surface area contributed by atoms with Gasteiger partial charge in [-0.2, -0.15) is 0 Å². The maximum atomic E-state index is 12.0. The second-order valence-electron chi connectivity index (χ2n) is 4.62. The smallest absolute Gasteiger partial charge is 0.167 e. The lowest BCUT2D eigenvalue weighted by Gasteiger charge is -2.16. The number of carbonyl (C=O) groups is 2. The van der Waals surface area contributed by atoms with E-state index in [1.54, 1.807) is 14.2 Å². The first-order valence-electron chi connectivity index (χ1n) is 6.05. The first kappa shape index (κ1) is 11.3. The topological polar surface area (TPSA) is 52.6 Å². The number of hydrogen-bond acceptors (Lipinski definition) is 4. The number of benzene rings is 1. The number of ether oxygens (including phenoxy) is 2. The van der Waals surface area contributed by atoms with Crippen LogP contribution in [0.4, 0.5) is 0 Å². The number of Topliss-reactive ketones (excluding diaryl/α,β-unsaturated/α-hetero) is 2. The summed E-state index contributed by atoms with van der Waals surface area (Å²) >= 11 is 0. The Bertz CT molecular complexity index is 520. The Morgan fingerprint density at radius 1 is 0.722 bits per heavy atom. The molecule has 18 heavy (non-hydrogen) atoms. The molecule has 0 fully saturated rings. The molecule has 2 aliphatic rings. The summed E-state index contributed by atoms with van der Waals surface area (Å²) in [5.74, 6) is 1.35. The molecule has 0 atom stereocenters. The molecule has 0 N–H and O–H groups in total. The number of carbonyl (C=O) groups excluding carboxylic acids is 2. The number of ketones is 2. The number of rotatable bonds is 2. The molecular weight excluding hydrogens is 232 g/mol. The van der Waals surface area contributed by atoms with Crippen molar-refractivity contribution in [1.82, 2.24) is 0 Å². The van der Waals surface area contributed by atoms with Crippen molar-refractivity contribution >= 4 is 11.6 Å². The van der Waals surface area contributed by atoms with E-state index in [2.05, 4.69) is 0 Å². The van der Waals surface area contributed by atoms with Crippen LogP contribution in [0, 0.1) is 0 Å². The van der Waals surface area contributed by atoms with E-state index < -0.39 is 0 Å². The third-order valence-corrected chi connectivity index (χ3v) is 3.78. The molecule has 0 aromatic heterocycles. The van der Waals surface area contributed by atoms with Crippen molar-refractivity contribution in [3.63, 3.8) is 0 Å². The molecule has 94 valence electrons. The Labute approximate surface area is 105 Å². The zero-order chi connectivity index (χ0) is 12.9. The maximum Gasteiger partial charge on any atom is 0.167 e. The molecule has 0 unspecified atom stereocenters. The zero-order valence-corrected chi connectivity index (χ0v) is 10.5. The lowest BCUT2D eigenvalue weighted by Crippen LogP contribution is -2.06. The summed E-state index contributed by atoms with van der Waals surface area (Å²) in [6.45, 7) is 0. The van der Waals surface area contributed by atoms with Crippen molar-refractivity contribution in [3.05, 3.63) is 22.3 Å². The van der Waals surface area contributed by atoms with Gasteiger partial charge in [-0.05, 0) is 12.8 Å². The van der Waals surface area contributed by atoms with E-state index in [0.717, 1.165) is 11.1 Å². The van der Waals surface area contributed by atoms with Crippen molar-refractivity contribution in [2.24, 2.45) is 0 Å². The summed E-state index contributed by atoms with van der Waals surface area (Å²) in [5, 5.41) is 0. The average molecular weight is 246 g/mol. The molecule has 0 bridgehead atoms. The van der Waals surface area contributed by atoms with Gasteiger partial charge in [-0.25, -0.2) is 0 Å². The van der Waals surface area contributed by atoms with Gasteiger partial charge in [0.25, 0.3) is 0 Å². The summed E-state index contributed by atoms with van der Waals surface area (Å²) in [7, 11) is 3.10. The zero-order valence-electron chi connectivity index (χ0n) is 10.5. The van der Waals surface area contributed by atoms with E-state index in [1.807, 2.05) is 0 Å². The van der Waals surface area contributed by atoms with Gasteiger partial charge < -0.3 is 9.47 Å². The van der Waals surface area contributed by atoms with Gasteiger partial charge in [-0.15, -0.1) is 0 Å². The van der Waals surface area contributed by atoms with Crippen LogP contribution in [0.3, 0.4) is 0 Å². The molecule has 0 amide bonds. The van der Waals surface area contributed by atoms with Gasteiger partial charge in [0.1, 0.15) is 11.5 Å². The molecule has 1 aromatic carbocycles. The quantitative estimate of drug-likeness (QED) is 0.800. The van der Waals surface area contributed by atoms with Crippen LogP contribution in [-0.4, -0.2) is 25.8 Å². The fourth-order valence-corrected chi connectivity index (χ4v) is 3.05. The Hall–Kier alpha value is -1.84. The SMILES string of the molecule is COc1c2c(c(OC)c3c1C(=O)CC3)C(=O)CC2. The number of methoxy groups -OCH3 is 2. The first-order valence-corrected chi connectivity index (χ1v) is 6.05. The lowest BCUT2D eigenvalue weighted by molar-refractivity contribution is 0.0982. The molecule has 0 saturated heterocycles. The van der Waals surface area contributed by atoms with Crippen LogP contribution >= 0.6 is 0 Å². The molecule has 3 rings (SSSR count). The molecule has 0 heterocycles. The average Bonchev–Trinajstić information content (AvgIpc) is 2.93. The van der Waals surface area contributed by atoms with E-state index >= 15 is 0 Å². The van der Waals surface area contributed by atoms with E-state index in [0.29, 0.717) is 48.3 Å². The lowest BCUT2D eigenvalue weighted by atomic mass is 9.98. The molecule has 0 saturated carbocycles. The summed E-state index contributed by atoms with van der Waals surface area (Å²) in [5.41, 5.74) is 2.94. The van der Waals surface area contributed by atoms with Crippen molar-refractivity contribution in [3.8, 4) is 11.5 Å². The second-order valence-corrected chi connectivity index (χ2v) is 4.62. The summed E-state index contributed by atoms with van der Waals surface area (Å²) in [6.07, 6.45) is 2.21. The molecular formula is C14H14O4. The van der Waals surface area contributed by atoms with Crippen molar-refractivity contribution in [2.45, 2.75) is 25.7 Å². The van der Waals surface area contributed by atoms with E-state index in [4.69, 9.17) is 9.47 Å². The normalized spacial score (nSPS) is 16.8. The van der Waals surface area contributed by atoms with Crippen LogP contribution < -0.4 is 9.47 Å². The van der Waals surface area contributed by atoms with Gasteiger partial charge in [-0.3, -0.25) is 9.59 Å². The van der Waals surface area contributed by atoms with E-state index in [9.17, 15) is 9.59 Å². The largest absolute Gasteiger partial charge is 0.496 e. The van der Waals surface area contributed by atoms with Gasteiger partial charge in [0.05, 0.1) is 25.3 Å². The second kappa shape index (κ2) is 3.83. The fourth-order valence-electron chi connectivity index (χ4n) is 3.05. The molecule has 0 spiro atoms. The predicted octanol–water partition coefficient (Wildman–Crippen LogP) is 1.96. The van der Waals surface area contributed by atoms with Crippen LogP contribution in [0.1, 0.15) is 44.7 Å². The van der Waals surface area contributed by atoms with E-state index in [-0.39, 0.29) is 11.6 Å². The molecule has 4 nitrogen and oxygen atoms in total. The summed E-state index contributed by atoms with van der Waals surface area (Å²) < 4.78 is 10.8. The standard InChI is InChI=1S/C14H14O4/c1-17-13-7-3-5-10(16)12(7)14(18-2)8-4-6-9(15)11(8)13/h3-6H2,1-2H3. The molecule has 1 aromatic rings. The van der Waals surface area contributed by atoms with Crippen molar-refractivity contribution < 1.29 is 19.1 Å². The third-order valence-electron chi connectivity index (χ3n) is 3.78. The fraction of sp³-hybridized carbons (Fsp3) is 0.429. The number of fused-ring (bicyclic) bond motifs is 2. The Kier molecular flexibility index (Phi) is 2.40. The minimum absolute atomic E-state index is 0.0855. The third kappa shape index (κ3) is 1.26. The Morgan fingerprint density at radius 2 is 1.11 bits per heavy atom. The Balaban J connectivity index is 2.40. The minimum atomic E-state index is 0.0855. The van der Waals surface area contributed by atoms with Gasteiger partial charge in [0, 0.05) is 24.0 Å². The number of hydrogen-bond donors (Lipinski definition) is 0. The highest BCUT2D eigenvalue weighted by molar-refractivity contribution is 6.10. The van der Waals surface area contributed by atoms with Crippen LogP contribution in [0.15, 0.2) is 0 Å². The molecule has 0 radical (unpaired) electrons. The monoisotopic (exact) mass is 246 g/mol. The highest BCUT2D eigenvalue weighted by Crippen LogP contribution is 2.46. The Morgan fingerprint density at radius 3 is 1.44 bits per heavy atom. The van der Waals surface area contributed by atoms with Crippen LogP contribution in [0.25, 0.3) is 0 Å². The van der Waals surface area contributed by atoms with Crippen LogP contribution in [0.5, 0.6) is 11.5 Å². The van der Waals surface area contributed by atoms with Gasteiger partial charge in [0.2, 0.25) is 0 Å². The summed E-state index contributed by atoms with van der Waals surface area (Å²) in [4.78, 5) is 23.9. The van der Waals surface area contributed by atoms with Gasteiger partial charge in [-0.1, -0.05) is 0 Å². The highest BCUT2D eigenvalue weighted by Gasteiger charge is 2.37. The minimum Gasteiger partial charge on any atom is -0.496 e. The maximum absolute atomic E-state index is 12.0. The van der Waals surface area contributed by atoms with Crippen LogP contribution in [-0.2, 0) is 12.8 Å². The molecule has 2 aliphatic carbocycles. The van der Waals surface area contributed by atoms with E-state index in [1.165, 1.54) is 0 Å². The van der Waals surface area contributed by atoms with Gasteiger partial charge >= 0.3 is 0 Å². The first-order chi connectivity index (χ1) is 8.69.